The minimum atomic E-state index is -0.841. The van der Waals surface area contributed by atoms with Crippen molar-refractivity contribution in [1.82, 2.24) is 5.32 Å². The third-order valence-corrected chi connectivity index (χ3v) is 3.92. The molecule has 0 saturated heterocycles. The number of carbonyl (C=O) groups is 4. The lowest BCUT2D eigenvalue weighted by molar-refractivity contribution is -0.142. The van der Waals surface area contributed by atoms with Gasteiger partial charge in [-0.25, -0.2) is 4.39 Å². The molecule has 2 aromatic carbocycles. The first-order chi connectivity index (χ1) is 14.3. The average molecular weight is 416 g/mol. The number of halogens is 1. The van der Waals surface area contributed by atoms with Crippen LogP contribution in [0.4, 0.5) is 10.1 Å². The zero-order valence-corrected chi connectivity index (χ0v) is 16.5. The fraction of sp³-hybridized carbons (Fsp3) is 0.238. The summed E-state index contributed by atoms with van der Waals surface area (Å²) < 4.78 is 24.0. The standard InChI is InChI=1S/C21H21FN2O6/c1-13(25)24-14-7-8-15(17(22)11-14)18(26)12-30-20(27)9-10-23-21(28)16-5-3-4-6-19(16)29-2/h3-8,11H,9-10,12H2,1-2H3,(H,23,28)(H,24,25). The van der Waals surface area contributed by atoms with Gasteiger partial charge in [0, 0.05) is 19.2 Å². The molecule has 0 aliphatic carbocycles. The maximum atomic E-state index is 14.0. The molecule has 2 N–H and O–H groups in total. The molecule has 0 heterocycles. The number of hydrogen-bond donors (Lipinski definition) is 2. The summed E-state index contributed by atoms with van der Waals surface area (Å²) in [4.78, 5) is 46.9. The lowest BCUT2D eigenvalue weighted by Crippen LogP contribution is -2.27. The van der Waals surface area contributed by atoms with Crippen molar-refractivity contribution in [2.24, 2.45) is 0 Å². The predicted octanol–water partition coefficient (Wildman–Crippen LogP) is 2.34. The molecule has 30 heavy (non-hydrogen) atoms. The Morgan fingerprint density at radius 3 is 2.43 bits per heavy atom. The van der Waals surface area contributed by atoms with E-state index >= 15 is 0 Å². The van der Waals surface area contributed by atoms with Crippen LogP contribution in [-0.2, 0) is 14.3 Å². The van der Waals surface area contributed by atoms with Crippen LogP contribution in [0.5, 0.6) is 5.75 Å². The molecule has 158 valence electrons. The summed E-state index contributed by atoms with van der Waals surface area (Å²) in [6.45, 7) is 0.620. The van der Waals surface area contributed by atoms with Gasteiger partial charge >= 0.3 is 5.97 Å². The van der Waals surface area contributed by atoms with Gasteiger partial charge in [0.2, 0.25) is 11.7 Å². The first kappa shape index (κ1) is 22.5. The quantitative estimate of drug-likeness (QED) is 0.480. The maximum Gasteiger partial charge on any atom is 0.308 e. The van der Waals surface area contributed by atoms with E-state index in [0.717, 1.165) is 6.07 Å². The Labute approximate surface area is 172 Å². The molecule has 0 bridgehead atoms. The van der Waals surface area contributed by atoms with Gasteiger partial charge in [-0.15, -0.1) is 0 Å². The maximum absolute atomic E-state index is 14.0. The largest absolute Gasteiger partial charge is 0.496 e. The molecule has 0 saturated carbocycles. The van der Waals surface area contributed by atoms with E-state index in [2.05, 4.69) is 10.6 Å². The molecular formula is C21H21FN2O6. The summed E-state index contributed by atoms with van der Waals surface area (Å²) in [7, 11) is 1.44. The van der Waals surface area contributed by atoms with E-state index in [1.807, 2.05) is 0 Å². The fourth-order valence-corrected chi connectivity index (χ4v) is 2.52. The lowest BCUT2D eigenvalue weighted by atomic mass is 10.1. The molecule has 0 aliphatic heterocycles. The van der Waals surface area contributed by atoms with Crippen molar-refractivity contribution in [3.63, 3.8) is 0 Å². The van der Waals surface area contributed by atoms with Gasteiger partial charge in [-0.3, -0.25) is 19.2 Å². The number of methoxy groups -OCH3 is 1. The second-order valence-electron chi connectivity index (χ2n) is 6.17. The van der Waals surface area contributed by atoms with Gasteiger partial charge in [-0.05, 0) is 30.3 Å². The van der Waals surface area contributed by atoms with E-state index in [9.17, 15) is 23.6 Å². The van der Waals surface area contributed by atoms with E-state index in [-0.39, 0.29) is 30.1 Å². The molecule has 0 spiro atoms. The van der Waals surface area contributed by atoms with Crippen LogP contribution < -0.4 is 15.4 Å². The highest BCUT2D eigenvalue weighted by molar-refractivity contribution is 5.99. The minimum absolute atomic E-state index is 0.0102. The Hall–Kier alpha value is -3.75. The Morgan fingerprint density at radius 1 is 1.03 bits per heavy atom. The highest BCUT2D eigenvalue weighted by Crippen LogP contribution is 2.17. The van der Waals surface area contributed by atoms with Gasteiger partial charge in [0.15, 0.2) is 6.61 Å². The Morgan fingerprint density at radius 2 is 1.77 bits per heavy atom. The number of nitrogens with one attached hydrogen (secondary N) is 2. The molecular weight excluding hydrogens is 395 g/mol. The molecule has 0 aliphatic rings. The molecule has 0 fully saturated rings. The Balaban J connectivity index is 1.80. The van der Waals surface area contributed by atoms with Crippen molar-refractivity contribution in [3.8, 4) is 5.75 Å². The SMILES string of the molecule is COc1ccccc1C(=O)NCCC(=O)OCC(=O)c1ccc(NC(C)=O)cc1F. The predicted molar refractivity (Wildman–Crippen MR) is 106 cm³/mol. The van der Waals surface area contributed by atoms with Crippen LogP contribution in [-0.4, -0.2) is 43.8 Å². The topological polar surface area (TPSA) is 111 Å². The van der Waals surface area contributed by atoms with Gasteiger partial charge in [0.25, 0.3) is 5.91 Å². The number of Topliss-reactive ketones (excluding diaryl/α,β-unsaturated/α-hetero) is 1. The van der Waals surface area contributed by atoms with Crippen molar-refractivity contribution < 1.29 is 33.0 Å². The lowest BCUT2D eigenvalue weighted by Gasteiger charge is -2.09. The number of esters is 1. The van der Waals surface area contributed by atoms with Gasteiger partial charge in [0.1, 0.15) is 11.6 Å². The number of benzene rings is 2. The number of amides is 2. The van der Waals surface area contributed by atoms with Crippen molar-refractivity contribution in [2.45, 2.75) is 13.3 Å². The zero-order valence-electron chi connectivity index (χ0n) is 16.5. The fourth-order valence-electron chi connectivity index (χ4n) is 2.52. The Kier molecular flexibility index (Phi) is 8.04. The molecule has 8 nitrogen and oxygen atoms in total. The molecule has 0 radical (unpaired) electrons. The number of ether oxygens (including phenoxy) is 2. The first-order valence-electron chi connectivity index (χ1n) is 8.99. The highest BCUT2D eigenvalue weighted by Gasteiger charge is 2.16. The normalized spacial score (nSPS) is 10.1. The Bertz CT molecular complexity index is 960. The summed E-state index contributed by atoms with van der Waals surface area (Å²) in [5.74, 6) is -2.69. The number of carbonyl (C=O) groups excluding carboxylic acids is 4. The summed E-state index contributed by atoms with van der Waals surface area (Å²) in [5, 5.41) is 4.95. The molecule has 2 amide bonds. The second-order valence-corrected chi connectivity index (χ2v) is 6.17. The molecule has 9 heteroatoms. The van der Waals surface area contributed by atoms with E-state index in [1.54, 1.807) is 24.3 Å². The molecule has 0 unspecified atom stereocenters. The molecule has 0 aromatic heterocycles. The van der Waals surface area contributed by atoms with Crippen molar-refractivity contribution >= 4 is 29.3 Å². The van der Waals surface area contributed by atoms with Gasteiger partial charge in [-0.2, -0.15) is 0 Å². The number of rotatable bonds is 9. The second kappa shape index (κ2) is 10.7. The van der Waals surface area contributed by atoms with E-state index in [4.69, 9.17) is 9.47 Å². The monoisotopic (exact) mass is 416 g/mol. The van der Waals surface area contributed by atoms with Gasteiger partial charge in [0.05, 0.1) is 24.7 Å². The third kappa shape index (κ3) is 6.40. The van der Waals surface area contributed by atoms with Crippen LogP contribution in [0.25, 0.3) is 0 Å². The van der Waals surface area contributed by atoms with Crippen LogP contribution in [0.2, 0.25) is 0 Å². The summed E-state index contributed by atoms with van der Waals surface area (Å²) >= 11 is 0. The highest BCUT2D eigenvalue weighted by atomic mass is 19.1. The molecule has 2 aromatic rings. The van der Waals surface area contributed by atoms with Gasteiger partial charge < -0.3 is 20.1 Å². The number of anilines is 1. The average Bonchev–Trinajstić information content (AvgIpc) is 2.71. The first-order valence-corrected chi connectivity index (χ1v) is 8.99. The summed E-state index contributed by atoms with van der Waals surface area (Å²) in [6, 6.07) is 10.2. The van der Waals surface area contributed by atoms with Crippen LogP contribution in [0.1, 0.15) is 34.1 Å². The van der Waals surface area contributed by atoms with Gasteiger partial charge in [-0.1, -0.05) is 12.1 Å². The number of ketones is 1. The van der Waals surface area contributed by atoms with Crippen LogP contribution >= 0.6 is 0 Å². The minimum Gasteiger partial charge on any atom is -0.496 e. The van der Waals surface area contributed by atoms with Crippen LogP contribution in [0, 0.1) is 5.82 Å². The van der Waals surface area contributed by atoms with Crippen molar-refractivity contribution in [2.75, 3.05) is 25.6 Å². The smallest absolute Gasteiger partial charge is 0.308 e. The zero-order chi connectivity index (χ0) is 22.1. The molecule has 0 atom stereocenters. The molecule has 2 rings (SSSR count). The van der Waals surface area contributed by atoms with E-state index in [1.165, 1.54) is 26.2 Å². The van der Waals surface area contributed by atoms with E-state index in [0.29, 0.717) is 11.3 Å². The van der Waals surface area contributed by atoms with Crippen molar-refractivity contribution in [3.05, 3.63) is 59.4 Å². The summed E-state index contributed by atoms with van der Waals surface area (Å²) in [6.07, 6.45) is -0.169. The van der Waals surface area contributed by atoms with Crippen molar-refractivity contribution in [1.29, 1.82) is 0 Å². The summed E-state index contributed by atoms with van der Waals surface area (Å²) in [5.41, 5.74) is 0.266. The number of hydrogen-bond acceptors (Lipinski definition) is 6. The van der Waals surface area contributed by atoms with E-state index < -0.39 is 30.1 Å². The van der Waals surface area contributed by atoms with Crippen LogP contribution in [0.3, 0.4) is 0 Å². The number of para-hydroxylation sites is 1. The van der Waals surface area contributed by atoms with Crippen LogP contribution in [0.15, 0.2) is 42.5 Å². The third-order valence-electron chi connectivity index (χ3n) is 3.92.